The van der Waals surface area contributed by atoms with Gasteiger partial charge in [0.1, 0.15) is 0 Å². The van der Waals surface area contributed by atoms with Gasteiger partial charge in [-0.05, 0) is 32.6 Å². The fourth-order valence-electron chi connectivity index (χ4n) is 0.927. The molecule has 0 aromatic rings. The second-order valence-electron chi connectivity index (χ2n) is 2.67. The molecule has 11 heavy (non-hydrogen) atoms. The van der Waals surface area contributed by atoms with Gasteiger partial charge in [-0.15, -0.1) is 0 Å². The van der Waals surface area contributed by atoms with Crippen molar-refractivity contribution in [2.45, 2.75) is 38.7 Å². The molecular weight excluding hydrogens is 140 g/mol. The van der Waals surface area contributed by atoms with Crippen molar-refractivity contribution >= 4 is 0 Å². The first-order chi connectivity index (χ1) is 5.31. The average Bonchev–Trinajstić information content (AvgIpc) is 2.01. The highest BCUT2D eigenvalue weighted by Crippen LogP contribution is 2.04. The van der Waals surface area contributed by atoms with Gasteiger partial charge in [-0.25, -0.2) is 0 Å². The van der Waals surface area contributed by atoms with Gasteiger partial charge in [0.05, 0.1) is 6.10 Å². The van der Waals surface area contributed by atoms with Crippen molar-refractivity contribution in [1.29, 1.82) is 0 Å². The van der Waals surface area contributed by atoms with Gasteiger partial charge in [0.15, 0.2) is 0 Å². The summed E-state index contributed by atoms with van der Waals surface area (Å²) >= 11 is 0. The van der Waals surface area contributed by atoms with E-state index in [2.05, 4.69) is 0 Å². The molecule has 0 fully saturated rings. The quantitative estimate of drug-likeness (QED) is 0.575. The Morgan fingerprint density at radius 3 is 2.64 bits per heavy atom. The van der Waals surface area contributed by atoms with Gasteiger partial charge < -0.3 is 10.2 Å². The van der Waals surface area contributed by atoms with Crippen molar-refractivity contribution < 1.29 is 10.2 Å². The third kappa shape index (κ3) is 7.56. The van der Waals surface area contributed by atoms with Crippen LogP contribution in [0.15, 0.2) is 12.2 Å². The van der Waals surface area contributed by atoms with E-state index in [9.17, 15) is 5.11 Å². The van der Waals surface area contributed by atoms with Crippen LogP contribution >= 0.6 is 0 Å². The Hall–Kier alpha value is -0.340. The van der Waals surface area contributed by atoms with Crippen molar-refractivity contribution in [3.63, 3.8) is 0 Å². The monoisotopic (exact) mass is 158 g/mol. The van der Waals surface area contributed by atoms with E-state index in [1.807, 2.05) is 19.1 Å². The van der Waals surface area contributed by atoms with Crippen LogP contribution in [0, 0.1) is 0 Å². The van der Waals surface area contributed by atoms with Gasteiger partial charge in [-0.3, -0.25) is 0 Å². The Bertz CT molecular complexity index is 99.7. The maximum atomic E-state index is 9.26. The van der Waals surface area contributed by atoms with Crippen LogP contribution in [0.3, 0.4) is 0 Å². The molecular formula is C9H18O2. The summed E-state index contributed by atoms with van der Waals surface area (Å²) in [5.41, 5.74) is 0. The van der Waals surface area contributed by atoms with Crippen LogP contribution in [0.25, 0.3) is 0 Å². The molecule has 0 aliphatic carbocycles. The molecule has 66 valence electrons. The maximum absolute atomic E-state index is 9.26. The van der Waals surface area contributed by atoms with Crippen LogP contribution in [0.5, 0.6) is 0 Å². The lowest BCUT2D eigenvalue weighted by molar-refractivity contribution is 0.142. The first kappa shape index (κ1) is 10.7. The summed E-state index contributed by atoms with van der Waals surface area (Å²) in [7, 11) is 0. The van der Waals surface area contributed by atoms with Crippen LogP contribution in [0.4, 0.5) is 0 Å². The van der Waals surface area contributed by atoms with Gasteiger partial charge in [0.25, 0.3) is 0 Å². The van der Waals surface area contributed by atoms with E-state index < -0.39 is 0 Å². The lowest BCUT2D eigenvalue weighted by atomic mass is 10.1. The third-order valence-corrected chi connectivity index (χ3v) is 1.60. The summed E-state index contributed by atoms with van der Waals surface area (Å²) in [6, 6.07) is 0. The van der Waals surface area contributed by atoms with Crippen LogP contribution < -0.4 is 0 Å². The van der Waals surface area contributed by atoms with Crippen molar-refractivity contribution in [1.82, 2.24) is 0 Å². The molecule has 0 spiro atoms. The normalized spacial score (nSPS) is 14.1. The van der Waals surface area contributed by atoms with E-state index in [-0.39, 0.29) is 12.7 Å². The van der Waals surface area contributed by atoms with Gasteiger partial charge in [0.2, 0.25) is 0 Å². The van der Waals surface area contributed by atoms with Gasteiger partial charge in [-0.1, -0.05) is 12.2 Å². The Balaban J connectivity index is 3.15. The van der Waals surface area contributed by atoms with E-state index in [0.29, 0.717) is 12.8 Å². The molecule has 0 aliphatic heterocycles. The zero-order valence-electron chi connectivity index (χ0n) is 7.16. The van der Waals surface area contributed by atoms with Gasteiger partial charge >= 0.3 is 0 Å². The van der Waals surface area contributed by atoms with Gasteiger partial charge in [-0.2, -0.15) is 0 Å². The van der Waals surface area contributed by atoms with Crippen LogP contribution in [-0.2, 0) is 0 Å². The first-order valence-corrected chi connectivity index (χ1v) is 4.21. The number of hydrogen-bond acceptors (Lipinski definition) is 2. The molecule has 0 aromatic carbocycles. The molecule has 2 heteroatoms. The Kier molecular flexibility index (Phi) is 7.52. The summed E-state index contributed by atoms with van der Waals surface area (Å²) in [6.45, 7) is 2.15. The minimum absolute atomic E-state index is 0.181. The number of aliphatic hydroxyl groups is 2. The molecule has 0 aromatic heterocycles. The van der Waals surface area contributed by atoms with E-state index in [4.69, 9.17) is 5.11 Å². The number of hydrogen-bond donors (Lipinski definition) is 2. The van der Waals surface area contributed by atoms with Crippen LogP contribution in [0.2, 0.25) is 0 Å². The lowest BCUT2D eigenvalue weighted by Gasteiger charge is -2.06. The highest BCUT2D eigenvalue weighted by molar-refractivity contribution is 4.77. The fourth-order valence-corrected chi connectivity index (χ4v) is 0.927. The van der Waals surface area contributed by atoms with Gasteiger partial charge in [0, 0.05) is 6.61 Å². The minimum Gasteiger partial charge on any atom is -0.396 e. The molecule has 1 atom stereocenters. The maximum Gasteiger partial charge on any atom is 0.0544 e. The number of allylic oxidation sites excluding steroid dienone is 2. The molecule has 0 radical (unpaired) electrons. The lowest BCUT2D eigenvalue weighted by Crippen LogP contribution is -2.06. The summed E-state index contributed by atoms with van der Waals surface area (Å²) in [5.74, 6) is 0. The SMILES string of the molecule is CC=CCCC(O)CCCO. The van der Waals surface area contributed by atoms with Crippen molar-refractivity contribution in [2.75, 3.05) is 6.61 Å². The largest absolute Gasteiger partial charge is 0.396 e. The molecule has 0 bridgehead atoms. The molecule has 0 heterocycles. The summed E-state index contributed by atoms with van der Waals surface area (Å²) in [6.07, 6.45) is 6.96. The predicted molar refractivity (Wildman–Crippen MR) is 46.4 cm³/mol. The second-order valence-corrected chi connectivity index (χ2v) is 2.67. The van der Waals surface area contributed by atoms with Crippen molar-refractivity contribution in [3.8, 4) is 0 Å². The molecule has 2 N–H and O–H groups in total. The topological polar surface area (TPSA) is 40.5 Å². The molecule has 0 saturated heterocycles. The second kappa shape index (κ2) is 7.76. The molecule has 0 rings (SSSR count). The minimum atomic E-state index is -0.238. The molecule has 0 amide bonds. The molecule has 0 aliphatic rings. The summed E-state index contributed by atoms with van der Waals surface area (Å²) in [4.78, 5) is 0. The molecule has 1 unspecified atom stereocenters. The highest BCUT2D eigenvalue weighted by atomic mass is 16.3. The summed E-state index contributed by atoms with van der Waals surface area (Å²) in [5, 5.41) is 17.7. The zero-order chi connectivity index (χ0) is 8.53. The van der Waals surface area contributed by atoms with Crippen LogP contribution in [-0.4, -0.2) is 22.9 Å². The predicted octanol–water partition coefficient (Wildman–Crippen LogP) is 1.48. The Morgan fingerprint density at radius 1 is 1.36 bits per heavy atom. The van der Waals surface area contributed by atoms with E-state index in [1.165, 1.54) is 0 Å². The highest BCUT2D eigenvalue weighted by Gasteiger charge is 2.00. The van der Waals surface area contributed by atoms with Crippen LogP contribution in [0.1, 0.15) is 32.6 Å². The van der Waals surface area contributed by atoms with Crippen molar-refractivity contribution in [2.24, 2.45) is 0 Å². The van der Waals surface area contributed by atoms with Crippen molar-refractivity contribution in [3.05, 3.63) is 12.2 Å². The first-order valence-electron chi connectivity index (χ1n) is 4.21. The van der Waals surface area contributed by atoms with E-state index in [0.717, 1.165) is 12.8 Å². The Labute approximate surface area is 68.6 Å². The standard InChI is InChI=1S/C9H18O2/c1-2-3-4-6-9(11)7-5-8-10/h2-3,9-11H,4-8H2,1H3. The molecule has 2 nitrogen and oxygen atoms in total. The smallest absolute Gasteiger partial charge is 0.0544 e. The molecule has 0 saturated carbocycles. The Morgan fingerprint density at radius 2 is 2.09 bits per heavy atom. The van der Waals surface area contributed by atoms with E-state index >= 15 is 0 Å². The third-order valence-electron chi connectivity index (χ3n) is 1.60. The average molecular weight is 158 g/mol. The van der Waals surface area contributed by atoms with E-state index in [1.54, 1.807) is 0 Å². The number of rotatable bonds is 6. The summed E-state index contributed by atoms with van der Waals surface area (Å²) < 4.78 is 0. The zero-order valence-corrected chi connectivity index (χ0v) is 7.16. The number of aliphatic hydroxyl groups excluding tert-OH is 2. The fraction of sp³-hybridized carbons (Fsp3) is 0.778.